The van der Waals surface area contributed by atoms with Gasteiger partial charge in [0.2, 0.25) is 5.91 Å². The molecule has 0 spiro atoms. The third-order valence-electron chi connectivity index (χ3n) is 4.43. The molecule has 0 unspecified atom stereocenters. The van der Waals surface area contributed by atoms with Crippen LogP contribution >= 0.6 is 22.2 Å². The average molecular weight is 378 g/mol. The first-order valence-electron chi connectivity index (χ1n) is 8.48. The van der Waals surface area contributed by atoms with Gasteiger partial charge in [0, 0.05) is 31.4 Å². The van der Waals surface area contributed by atoms with Crippen LogP contribution in [0.25, 0.3) is 0 Å². The molecule has 2 aromatic rings. The van der Waals surface area contributed by atoms with Gasteiger partial charge in [-0.05, 0) is 61.4 Å². The highest BCUT2D eigenvalue weighted by Crippen LogP contribution is 2.53. The van der Waals surface area contributed by atoms with Gasteiger partial charge in [0.25, 0.3) is 0 Å². The van der Waals surface area contributed by atoms with Crippen molar-refractivity contribution in [1.29, 1.82) is 0 Å². The van der Waals surface area contributed by atoms with Crippen LogP contribution in [0, 0.1) is 0 Å². The van der Waals surface area contributed by atoms with Crippen LogP contribution in [0.3, 0.4) is 0 Å². The van der Waals surface area contributed by atoms with Crippen LogP contribution in [0.5, 0.6) is 0 Å². The summed E-state index contributed by atoms with van der Waals surface area (Å²) in [6, 6.07) is 17.1. The number of benzene rings is 2. The number of nitrogens with zero attached hydrogens (tertiary/aromatic N) is 1. The van der Waals surface area contributed by atoms with E-state index in [1.165, 1.54) is 32.1 Å². The second-order valence-corrected chi connectivity index (χ2v) is 9.35. The quantitative estimate of drug-likeness (QED) is 0.456. The van der Waals surface area contributed by atoms with Gasteiger partial charge in [0.05, 0.1) is 5.71 Å². The number of rotatable bonds is 0. The Balaban J connectivity index is 2.09. The molecule has 1 aliphatic carbocycles. The van der Waals surface area contributed by atoms with Gasteiger partial charge in [0.15, 0.2) is 0 Å². The van der Waals surface area contributed by atoms with Crippen molar-refractivity contribution in [3.8, 4) is 0 Å². The van der Waals surface area contributed by atoms with E-state index in [-0.39, 0.29) is 16.4 Å². The van der Waals surface area contributed by atoms with Crippen LogP contribution < -0.4 is 0 Å². The molecule has 2 nitrogen and oxygen atoms in total. The van der Waals surface area contributed by atoms with Crippen molar-refractivity contribution < 1.29 is 4.79 Å². The Morgan fingerprint density at radius 1 is 0.885 bits per heavy atom. The predicted octanol–water partition coefficient (Wildman–Crippen LogP) is 5.90. The van der Waals surface area contributed by atoms with Crippen molar-refractivity contribution in [3.63, 3.8) is 0 Å². The van der Waals surface area contributed by atoms with E-state index in [4.69, 9.17) is 0 Å². The molecule has 0 saturated carbocycles. The zero-order valence-corrected chi connectivity index (χ0v) is 16.6. The molecule has 0 aromatic heterocycles. The molecular formula is C22H19NOS2. The maximum Gasteiger partial charge on any atom is 0.243 e. The Morgan fingerprint density at radius 3 is 2.00 bits per heavy atom. The van der Waals surface area contributed by atoms with Crippen molar-refractivity contribution in [2.24, 2.45) is 4.99 Å². The SMILES string of the molecule is CC(=O)N=C1C=C(C)C(C)=CC1=S1c2ccccc2Sc2ccccc21. The molecule has 1 amide bonds. The minimum Gasteiger partial charge on any atom is -0.273 e. The molecule has 0 saturated heterocycles. The van der Waals surface area contributed by atoms with Crippen molar-refractivity contribution in [2.45, 2.75) is 40.4 Å². The Hall–Kier alpha value is -2.17. The van der Waals surface area contributed by atoms with E-state index in [0.717, 1.165) is 16.1 Å². The van der Waals surface area contributed by atoms with Crippen LogP contribution in [0.1, 0.15) is 20.8 Å². The lowest BCUT2D eigenvalue weighted by Gasteiger charge is -2.26. The first-order chi connectivity index (χ1) is 12.5. The van der Waals surface area contributed by atoms with Gasteiger partial charge in [-0.2, -0.15) is 0 Å². The van der Waals surface area contributed by atoms with E-state index < -0.39 is 0 Å². The molecule has 4 heteroatoms. The summed E-state index contributed by atoms with van der Waals surface area (Å²) in [5.41, 5.74) is 3.17. The minimum absolute atomic E-state index is 0.161. The number of hydrogen-bond donors (Lipinski definition) is 0. The Labute approximate surface area is 160 Å². The second-order valence-electron chi connectivity index (χ2n) is 6.34. The summed E-state index contributed by atoms with van der Waals surface area (Å²) in [4.78, 5) is 22.4. The number of fused-ring (bicyclic) bond motifs is 2. The summed E-state index contributed by atoms with van der Waals surface area (Å²) in [7, 11) is -0.271. The van der Waals surface area contributed by atoms with E-state index in [1.807, 2.05) is 17.8 Å². The Kier molecular flexibility index (Phi) is 4.55. The smallest absolute Gasteiger partial charge is 0.243 e. The minimum atomic E-state index is -0.271. The van der Waals surface area contributed by atoms with Crippen LogP contribution in [0.15, 0.2) is 96.4 Å². The van der Waals surface area contributed by atoms with Gasteiger partial charge in [-0.25, -0.2) is 4.99 Å². The van der Waals surface area contributed by atoms with E-state index in [0.29, 0.717) is 0 Å². The van der Waals surface area contributed by atoms with E-state index in [2.05, 4.69) is 73.4 Å². The first-order valence-corrected chi connectivity index (χ1v) is 10.5. The van der Waals surface area contributed by atoms with E-state index in [9.17, 15) is 4.79 Å². The van der Waals surface area contributed by atoms with Crippen LogP contribution in [-0.4, -0.2) is 16.5 Å². The fourth-order valence-corrected chi connectivity index (χ4v) is 6.98. The molecule has 0 radical (unpaired) electrons. The highest BCUT2D eigenvalue weighted by molar-refractivity contribution is 8.18. The molecule has 1 heterocycles. The first kappa shape index (κ1) is 17.3. The van der Waals surface area contributed by atoms with Crippen molar-refractivity contribution in [3.05, 3.63) is 71.8 Å². The molecule has 130 valence electrons. The number of allylic oxidation sites excluding steroid dienone is 4. The Bertz CT molecular complexity index is 1010. The van der Waals surface area contributed by atoms with Gasteiger partial charge in [-0.15, -0.1) is 10.5 Å². The largest absolute Gasteiger partial charge is 0.273 e. The Morgan fingerprint density at radius 2 is 1.42 bits per heavy atom. The number of amides is 1. The third-order valence-corrected chi connectivity index (χ3v) is 8.20. The number of hydrogen-bond acceptors (Lipinski definition) is 2. The summed E-state index contributed by atoms with van der Waals surface area (Å²) < 4.78 is 0. The number of aliphatic imine (C=N–C) groups is 1. The standard InChI is InChI=1S/C22H19NOS2/c1-14-12-17(23-16(3)24)22(13-15(14)2)26-20-10-6-4-8-18(20)25-19-9-5-7-11-21(19)26/h4-13H,1-3H3. The predicted molar refractivity (Wildman–Crippen MR) is 112 cm³/mol. The lowest BCUT2D eigenvalue weighted by Crippen LogP contribution is -2.17. The zero-order chi connectivity index (χ0) is 18.3. The van der Waals surface area contributed by atoms with Crippen molar-refractivity contribution in [1.82, 2.24) is 0 Å². The van der Waals surface area contributed by atoms with Crippen molar-refractivity contribution >= 4 is 38.7 Å². The van der Waals surface area contributed by atoms with Crippen LogP contribution in [-0.2, 0) is 4.79 Å². The fraction of sp³-hybridized carbons (Fsp3) is 0.136. The lowest BCUT2D eigenvalue weighted by atomic mass is 9.99. The highest BCUT2D eigenvalue weighted by Gasteiger charge is 2.25. The molecule has 26 heavy (non-hydrogen) atoms. The third kappa shape index (κ3) is 3.04. The van der Waals surface area contributed by atoms with Gasteiger partial charge >= 0.3 is 0 Å². The number of carbonyl (C=O) groups excluding carboxylic acids is 1. The topological polar surface area (TPSA) is 29.4 Å². The average Bonchev–Trinajstić information content (AvgIpc) is 2.62. The molecule has 1 aliphatic heterocycles. The van der Waals surface area contributed by atoms with E-state index >= 15 is 0 Å². The maximum atomic E-state index is 11.8. The highest BCUT2D eigenvalue weighted by atomic mass is 32.2. The van der Waals surface area contributed by atoms with E-state index in [1.54, 1.807) is 0 Å². The van der Waals surface area contributed by atoms with Gasteiger partial charge in [-0.1, -0.05) is 36.0 Å². The zero-order valence-electron chi connectivity index (χ0n) is 14.9. The molecule has 2 aliphatic rings. The lowest BCUT2D eigenvalue weighted by molar-refractivity contribution is -0.115. The van der Waals surface area contributed by atoms with Crippen LogP contribution in [0.4, 0.5) is 0 Å². The fourth-order valence-electron chi connectivity index (χ4n) is 3.08. The molecule has 2 aromatic carbocycles. The van der Waals surface area contributed by atoms with Crippen molar-refractivity contribution in [2.75, 3.05) is 0 Å². The molecule has 0 bridgehead atoms. The van der Waals surface area contributed by atoms with Gasteiger partial charge in [-0.3, -0.25) is 4.79 Å². The summed E-state index contributed by atoms with van der Waals surface area (Å²) in [6.45, 7) is 5.71. The molecular weight excluding hydrogens is 358 g/mol. The summed E-state index contributed by atoms with van der Waals surface area (Å²) >= 11 is 1.82. The summed E-state index contributed by atoms with van der Waals surface area (Å²) in [5, 5.41) is 0. The molecule has 0 fully saturated rings. The van der Waals surface area contributed by atoms with Crippen LogP contribution in [0.2, 0.25) is 0 Å². The number of carbonyl (C=O) groups is 1. The maximum absolute atomic E-state index is 11.8. The molecule has 0 atom stereocenters. The molecule has 4 rings (SSSR count). The second kappa shape index (κ2) is 6.86. The van der Waals surface area contributed by atoms with Gasteiger partial charge in [0.1, 0.15) is 0 Å². The summed E-state index contributed by atoms with van der Waals surface area (Å²) in [5.74, 6) is -0.161. The molecule has 0 N–H and O–H groups in total. The normalized spacial score (nSPS) is 18.1. The summed E-state index contributed by atoms with van der Waals surface area (Å²) in [6.07, 6.45) is 4.26. The monoisotopic (exact) mass is 377 g/mol. The van der Waals surface area contributed by atoms with Gasteiger partial charge < -0.3 is 0 Å².